The Kier molecular flexibility index (Phi) is 5.18. The zero-order chi connectivity index (χ0) is 15.8. The van der Waals surface area contributed by atoms with Gasteiger partial charge in [-0.05, 0) is 48.2 Å². The molecule has 0 unspecified atom stereocenters. The van der Waals surface area contributed by atoms with Gasteiger partial charge in [-0.25, -0.2) is 0 Å². The van der Waals surface area contributed by atoms with Crippen LogP contribution in [0.3, 0.4) is 0 Å². The van der Waals surface area contributed by atoms with E-state index in [4.69, 9.17) is 10.5 Å². The zero-order valence-corrected chi connectivity index (χ0v) is 12.0. The topological polar surface area (TPSA) is 79.8 Å². The molecule has 2 N–H and O–H groups in total. The lowest BCUT2D eigenvalue weighted by atomic mass is 10.0. The molecule has 0 heterocycles. The number of hydrogen-bond donors (Lipinski definition) is 2. The fourth-order valence-corrected chi connectivity index (χ4v) is 1.96. The number of benzene rings is 2. The van der Waals surface area contributed by atoms with Crippen LogP contribution in [0.1, 0.15) is 11.1 Å². The van der Waals surface area contributed by atoms with Crippen molar-refractivity contribution >= 4 is 5.69 Å². The highest BCUT2D eigenvalue weighted by atomic mass is 16.3. The third kappa shape index (κ3) is 4.40. The minimum atomic E-state index is 0.0383. The predicted molar refractivity (Wildman–Crippen MR) is 84.9 cm³/mol. The first kappa shape index (κ1) is 15.2. The number of phenols is 1. The SMILES string of the molecule is N#CC(C#N)=CNc1ccc(CCc2ccc(O)cc2)cc1. The molecule has 0 aliphatic rings. The largest absolute Gasteiger partial charge is 0.508 e. The summed E-state index contributed by atoms with van der Waals surface area (Å²) in [6, 6.07) is 18.7. The zero-order valence-electron chi connectivity index (χ0n) is 12.0. The summed E-state index contributed by atoms with van der Waals surface area (Å²) in [6.45, 7) is 0. The van der Waals surface area contributed by atoms with Gasteiger partial charge in [0.15, 0.2) is 0 Å². The Morgan fingerprint density at radius 2 is 1.41 bits per heavy atom. The highest BCUT2D eigenvalue weighted by Crippen LogP contribution is 2.14. The quantitative estimate of drug-likeness (QED) is 0.825. The van der Waals surface area contributed by atoms with Crippen LogP contribution in [-0.2, 0) is 12.8 Å². The summed E-state index contributed by atoms with van der Waals surface area (Å²) < 4.78 is 0. The lowest BCUT2D eigenvalue weighted by molar-refractivity contribution is 0.475. The van der Waals surface area contributed by atoms with E-state index in [0.717, 1.165) is 18.5 Å². The first-order chi connectivity index (χ1) is 10.7. The van der Waals surface area contributed by atoms with Crippen molar-refractivity contribution in [2.45, 2.75) is 12.8 Å². The molecule has 22 heavy (non-hydrogen) atoms. The highest BCUT2D eigenvalue weighted by molar-refractivity contribution is 5.50. The molecule has 0 amide bonds. The van der Waals surface area contributed by atoms with Crippen LogP contribution in [0.5, 0.6) is 5.75 Å². The smallest absolute Gasteiger partial charge is 0.145 e. The number of aromatic hydroxyl groups is 1. The number of nitrogens with one attached hydrogen (secondary N) is 1. The van der Waals surface area contributed by atoms with E-state index in [9.17, 15) is 5.11 Å². The molecule has 4 nitrogen and oxygen atoms in total. The summed E-state index contributed by atoms with van der Waals surface area (Å²) >= 11 is 0. The van der Waals surface area contributed by atoms with Gasteiger partial charge in [0.1, 0.15) is 23.5 Å². The fourth-order valence-electron chi connectivity index (χ4n) is 1.96. The molecule has 2 aromatic rings. The van der Waals surface area contributed by atoms with E-state index in [0.29, 0.717) is 0 Å². The standard InChI is InChI=1S/C18H15N3O/c19-11-16(12-20)13-21-17-7-3-14(4-8-17)1-2-15-5-9-18(22)10-6-15/h3-10,13,21-22H,1-2H2. The van der Waals surface area contributed by atoms with E-state index in [1.54, 1.807) is 24.3 Å². The Labute approximate surface area is 129 Å². The maximum atomic E-state index is 9.25. The summed E-state index contributed by atoms with van der Waals surface area (Å²) in [5.41, 5.74) is 3.24. The average molecular weight is 289 g/mol. The van der Waals surface area contributed by atoms with Crippen molar-refractivity contribution in [3.63, 3.8) is 0 Å². The maximum Gasteiger partial charge on any atom is 0.145 e. The molecule has 0 saturated heterocycles. The van der Waals surface area contributed by atoms with Gasteiger partial charge in [0.2, 0.25) is 0 Å². The van der Waals surface area contributed by atoms with E-state index in [1.165, 1.54) is 17.3 Å². The molecule has 0 fully saturated rings. The van der Waals surface area contributed by atoms with Crippen LogP contribution in [-0.4, -0.2) is 5.11 Å². The van der Waals surface area contributed by atoms with E-state index in [2.05, 4.69) is 5.32 Å². The Hall–Kier alpha value is -3.24. The third-order valence-electron chi connectivity index (χ3n) is 3.22. The van der Waals surface area contributed by atoms with Crippen LogP contribution in [0.15, 0.2) is 60.3 Å². The number of aryl methyl sites for hydroxylation is 2. The molecule has 0 aromatic heterocycles. The van der Waals surface area contributed by atoms with Crippen LogP contribution in [0.2, 0.25) is 0 Å². The molecule has 0 bridgehead atoms. The van der Waals surface area contributed by atoms with Crippen LogP contribution >= 0.6 is 0 Å². The summed E-state index contributed by atoms with van der Waals surface area (Å²) in [5.74, 6) is 0.279. The average Bonchev–Trinajstić information content (AvgIpc) is 2.56. The Balaban J connectivity index is 1.92. The van der Waals surface area contributed by atoms with Crippen molar-refractivity contribution < 1.29 is 5.11 Å². The lowest BCUT2D eigenvalue weighted by Gasteiger charge is -2.05. The molecular formula is C18H15N3O. The molecule has 4 heteroatoms. The fraction of sp³-hybridized carbons (Fsp3) is 0.111. The minimum absolute atomic E-state index is 0.0383. The monoisotopic (exact) mass is 289 g/mol. The van der Waals surface area contributed by atoms with Gasteiger partial charge in [-0.15, -0.1) is 0 Å². The Bertz CT molecular complexity index is 716. The van der Waals surface area contributed by atoms with Crippen molar-refractivity contribution in [1.82, 2.24) is 0 Å². The van der Waals surface area contributed by atoms with Crippen molar-refractivity contribution in [1.29, 1.82) is 10.5 Å². The second kappa shape index (κ2) is 7.52. The van der Waals surface area contributed by atoms with Crippen LogP contribution in [0.25, 0.3) is 0 Å². The number of anilines is 1. The number of allylic oxidation sites excluding steroid dienone is 1. The van der Waals surface area contributed by atoms with E-state index >= 15 is 0 Å². The number of rotatable bonds is 5. The van der Waals surface area contributed by atoms with Gasteiger partial charge >= 0.3 is 0 Å². The molecule has 0 spiro atoms. The molecule has 0 atom stereocenters. The van der Waals surface area contributed by atoms with Crippen LogP contribution in [0.4, 0.5) is 5.69 Å². The van der Waals surface area contributed by atoms with Crippen molar-refractivity contribution in [2.75, 3.05) is 5.32 Å². The summed E-state index contributed by atoms with van der Waals surface area (Å²) in [4.78, 5) is 0. The molecule has 0 radical (unpaired) electrons. The summed E-state index contributed by atoms with van der Waals surface area (Å²) in [5, 5.41) is 29.5. The lowest BCUT2D eigenvalue weighted by Crippen LogP contribution is -1.93. The van der Waals surface area contributed by atoms with Gasteiger partial charge in [0.25, 0.3) is 0 Å². The molecular weight excluding hydrogens is 274 g/mol. The van der Waals surface area contributed by atoms with Crippen LogP contribution < -0.4 is 5.32 Å². The number of nitriles is 2. The number of nitrogens with zero attached hydrogens (tertiary/aromatic N) is 2. The second-order valence-electron chi connectivity index (χ2n) is 4.79. The first-order valence-corrected chi connectivity index (χ1v) is 6.85. The summed E-state index contributed by atoms with van der Waals surface area (Å²) in [7, 11) is 0. The third-order valence-corrected chi connectivity index (χ3v) is 3.22. The maximum absolute atomic E-state index is 9.25. The molecule has 2 aromatic carbocycles. The molecule has 0 aliphatic heterocycles. The number of hydrogen-bond acceptors (Lipinski definition) is 4. The Morgan fingerprint density at radius 1 is 0.909 bits per heavy atom. The van der Waals surface area contributed by atoms with Crippen molar-refractivity contribution in [2.24, 2.45) is 0 Å². The van der Waals surface area contributed by atoms with Gasteiger partial charge < -0.3 is 10.4 Å². The normalized spacial score (nSPS) is 9.36. The van der Waals surface area contributed by atoms with Gasteiger partial charge in [-0.3, -0.25) is 0 Å². The summed E-state index contributed by atoms with van der Waals surface area (Å²) in [6.07, 6.45) is 3.20. The van der Waals surface area contributed by atoms with Gasteiger partial charge in [-0.2, -0.15) is 10.5 Å². The van der Waals surface area contributed by atoms with Gasteiger partial charge in [-0.1, -0.05) is 24.3 Å². The highest BCUT2D eigenvalue weighted by Gasteiger charge is 1.98. The number of phenolic OH excluding ortho intramolecular Hbond substituents is 1. The van der Waals surface area contributed by atoms with E-state index in [-0.39, 0.29) is 11.3 Å². The van der Waals surface area contributed by atoms with Crippen molar-refractivity contribution in [3.05, 3.63) is 71.4 Å². The van der Waals surface area contributed by atoms with E-state index < -0.39 is 0 Å². The van der Waals surface area contributed by atoms with Gasteiger partial charge in [0, 0.05) is 11.9 Å². The molecule has 0 aliphatic carbocycles. The van der Waals surface area contributed by atoms with Gasteiger partial charge in [0.05, 0.1) is 0 Å². The second-order valence-corrected chi connectivity index (χ2v) is 4.79. The predicted octanol–water partition coefficient (Wildman–Crippen LogP) is 3.52. The van der Waals surface area contributed by atoms with Crippen molar-refractivity contribution in [3.8, 4) is 17.9 Å². The first-order valence-electron chi connectivity index (χ1n) is 6.85. The molecule has 108 valence electrons. The minimum Gasteiger partial charge on any atom is -0.508 e. The molecule has 2 rings (SSSR count). The molecule has 0 saturated carbocycles. The van der Waals surface area contributed by atoms with Crippen LogP contribution in [0, 0.1) is 22.7 Å². The van der Waals surface area contributed by atoms with E-state index in [1.807, 2.05) is 36.4 Å². The Morgan fingerprint density at radius 3 is 1.91 bits per heavy atom.